The van der Waals surface area contributed by atoms with E-state index in [1.807, 2.05) is 24.3 Å². The molecule has 0 saturated heterocycles. The van der Waals surface area contributed by atoms with Crippen LogP contribution in [-0.4, -0.2) is 9.13 Å². The van der Waals surface area contributed by atoms with Crippen molar-refractivity contribution in [1.29, 1.82) is 0 Å². The Morgan fingerprint density at radius 1 is 0.365 bits per heavy atom. The van der Waals surface area contributed by atoms with Crippen molar-refractivity contribution in [3.05, 3.63) is 199 Å². The summed E-state index contributed by atoms with van der Waals surface area (Å²) in [6.45, 7) is 8.07. The van der Waals surface area contributed by atoms with Crippen LogP contribution in [0.25, 0.3) is 93.2 Å². The minimum Gasteiger partial charge on any atom is -0.309 e. The first kappa shape index (κ1) is 29.7. The maximum Gasteiger partial charge on any atom is 0.188 e. The normalized spacial score (nSPS) is 11.4. The molecule has 0 radical (unpaired) electrons. The molecule has 8 aromatic carbocycles. The van der Waals surface area contributed by atoms with Crippen LogP contribution in [0.1, 0.15) is 0 Å². The zero-order chi connectivity index (χ0) is 34.6. The minimum absolute atomic E-state index is 0.616. The number of para-hydroxylation sites is 3. The van der Waals surface area contributed by atoms with Gasteiger partial charge in [0.05, 0.1) is 34.3 Å². The molecule has 0 atom stereocenters. The highest BCUT2D eigenvalue weighted by Crippen LogP contribution is 2.46. The Kier molecular flexibility index (Phi) is 6.87. The fourth-order valence-corrected chi connectivity index (χ4v) is 8.09. The Hall–Kier alpha value is -7.15. The number of hydrogen-bond donors (Lipinski definition) is 0. The summed E-state index contributed by atoms with van der Waals surface area (Å²) in [5.74, 6) is 0. The van der Waals surface area contributed by atoms with Crippen LogP contribution >= 0.6 is 0 Å². The number of fused-ring (bicyclic) bond motifs is 6. The van der Waals surface area contributed by atoms with E-state index < -0.39 is 0 Å². The lowest BCUT2D eigenvalue weighted by Gasteiger charge is -2.20. The molecule has 0 aliphatic rings. The average molecular weight is 662 g/mol. The molecule has 0 saturated carbocycles. The molecule has 0 amide bonds. The van der Waals surface area contributed by atoms with E-state index in [0.29, 0.717) is 5.69 Å². The van der Waals surface area contributed by atoms with E-state index in [2.05, 4.69) is 178 Å². The van der Waals surface area contributed by atoms with Gasteiger partial charge < -0.3 is 9.13 Å². The fraction of sp³-hybridized carbons (Fsp3) is 0. The summed E-state index contributed by atoms with van der Waals surface area (Å²) < 4.78 is 4.81. The van der Waals surface area contributed by atoms with Crippen LogP contribution in [-0.2, 0) is 0 Å². The molecular weight excluding hydrogens is 631 g/mol. The second kappa shape index (κ2) is 12.0. The summed E-state index contributed by atoms with van der Waals surface area (Å²) in [5, 5.41) is 4.86. The van der Waals surface area contributed by atoms with Gasteiger partial charge in [-0.25, -0.2) is 4.85 Å². The number of hydrogen-bond acceptors (Lipinski definition) is 0. The monoisotopic (exact) mass is 661 g/mol. The lowest BCUT2D eigenvalue weighted by atomic mass is 9.94. The predicted molar refractivity (Wildman–Crippen MR) is 218 cm³/mol. The molecule has 0 fully saturated rings. The number of rotatable bonds is 5. The molecule has 0 aliphatic heterocycles. The van der Waals surface area contributed by atoms with E-state index in [4.69, 9.17) is 6.57 Å². The quantitative estimate of drug-likeness (QED) is 0.163. The van der Waals surface area contributed by atoms with Gasteiger partial charge in [0, 0.05) is 27.2 Å². The summed E-state index contributed by atoms with van der Waals surface area (Å²) in [6.07, 6.45) is 0. The molecule has 0 spiro atoms. The Morgan fingerprint density at radius 2 is 0.904 bits per heavy atom. The van der Waals surface area contributed by atoms with E-state index in [9.17, 15) is 0 Å². The largest absolute Gasteiger partial charge is 0.309 e. The highest BCUT2D eigenvalue weighted by molar-refractivity contribution is 6.18. The van der Waals surface area contributed by atoms with E-state index in [1.165, 1.54) is 38.1 Å². The fourth-order valence-electron chi connectivity index (χ4n) is 8.09. The second-order valence-corrected chi connectivity index (χ2v) is 13.2. The van der Waals surface area contributed by atoms with Crippen LogP contribution in [0, 0.1) is 6.57 Å². The predicted octanol–water partition coefficient (Wildman–Crippen LogP) is 13.4. The van der Waals surface area contributed by atoms with E-state index in [-0.39, 0.29) is 0 Å². The Labute approximate surface area is 301 Å². The highest BCUT2D eigenvalue weighted by Gasteiger charge is 2.23. The first-order valence-electron chi connectivity index (χ1n) is 17.6. The van der Waals surface area contributed by atoms with Gasteiger partial charge in [0.25, 0.3) is 0 Å². The first-order valence-corrected chi connectivity index (χ1v) is 17.6. The third-order valence-corrected chi connectivity index (χ3v) is 10.3. The molecule has 0 bridgehead atoms. The molecule has 2 aromatic heterocycles. The standard InChI is InChI=1S/C49H31N3/c1-50-36-31-42(33-16-5-2-6-17-33)49(43(32-36)34-18-7-3-8-19-34)52-45-26-14-12-23-41(45)48-38(24-15-27-46(48)52)35-28-29-40-39-22-11-13-25-44(39)51(47(40)30-35)37-20-9-4-10-21-37/h2-32H. The van der Waals surface area contributed by atoms with Crippen LogP contribution in [0.2, 0.25) is 0 Å². The molecule has 242 valence electrons. The van der Waals surface area contributed by atoms with E-state index in [1.54, 1.807) is 0 Å². The van der Waals surface area contributed by atoms with Gasteiger partial charge in [-0.05, 0) is 81.9 Å². The first-order chi connectivity index (χ1) is 25.8. The van der Waals surface area contributed by atoms with Gasteiger partial charge in [0.1, 0.15) is 0 Å². The van der Waals surface area contributed by atoms with Gasteiger partial charge in [-0.1, -0.05) is 140 Å². The maximum atomic E-state index is 8.07. The number of benzene rings is 8. The molecule has 52 heavy (non-hydrogen) atoms. The summed E-state index contributed by atoms with van der Waals surface area (Å²) in [7, 11) is 0. The molecule has 3 heteroatoms. The molecular formula is C49H31N3. The smallest absolute Gasteiger partial charge is 0.188 e. The van der Waals surface area contributed by atoms with Gasteiger partial charge in [-0.3, -0.25) is 0 Å². The van der Waals surface area contributed by atoms with E-state index >= 15 is 0 Å². The van der Waals surface area contributed by atoms with E-state index in [0.717, 1.165) is 50.2 Å². The molecule has 3 nitrogen and oxygen atoms in total. The van der Waals surface area contributed by atoms with Crippen molar-refractivity contribution in [1.82, 2.24) is 9.13 Å². The molecule has 2 heterocycles. The van der Waals surface area contributed by atoms with Gasteiger partial charge in [-0.15, -0.1) is 0 Å². The zero-order valence-corrected chi connectivity index (χ0v) is 28.2. The third kappa shape index (κ3) is 4.59. The molecule has 0 aliphatic carbocycles. The summed E-state index contributed by atoms with van der Waals surface area (Å²) >= 11 is 0. The SMILES string of the molecule is [C-]#[N+]c1cc(-c2ccccc2)c(-n2c3ccccc3c3c(-c4ccc5c6ccccc6n(-c6ccccc6)c5c4)cccc32)c(-c2ccccc2)c1. The molecule has 0 N–H and O–H groups in total. The Morgan fingerprint density at radius 3 is 1.56 bits per heavy atom. The topological polar surface area (TPSA) is 14.2 Å². The summed E-state index contributed by atoms with van der Waals surface area (Å²) in [4.78, 5) is 3.95. The van der Waals surface area contributed by atoms with Crippen LogP contribution in [0.15, 0.2) is 188 Å². The minimum atomic E-state index is 0.616. The van der Waals surface area contributed by atoms with Crippen molar-refractivity contribution < 1.29 is 0 Å². The summed E-state index contributed by atoms with van der Waals surface area (Å²) in [5.41, 5.74) is 14.0. The van der Waals surface area contributed by atoms with Crippen molar-refractivity contribution in [2.75, 3.05) is 0 Å². The van der Waals surface area contributed by atoms with Gasteiger partial charge in [0.2, 0.25) is 0 Å². The zero-order valence-electron chi connectivity index (χ0n) is 28.2. The van der Waals surface area contributed by atoms with Crippen LogP contribution < -0.4 is 0 Å². The average Bonchev–Trinajstić information content (AvgIpc) is 3.74. The highest BCUT2D eigenvalue weighted by atomic mass is 15.0. The van der Waals surface area contributed by atoms with Gasteiger partial charge in [-0.2, -0.15) is 0 Å². The number of nitrogens with zero attached hydrogens (tertiary/aromatic N) is 3. The molecule has 10 aromatic rings. The van der Waals surface area contributed by atoms with Crippen molar-refractivity contribution in [3.63, 3.8) is 0 Å². The van der Waals surface area contributed by atoms with Crippen LogP contribution in [0.5, 0.6) is 0 Å². The molecule has 10 rings (SSSR count). The second-order valence-electron chi connectivity index (χ2n) is 13.2. The van der Waals surface area contributed by atoms with Crippen molar-refractivity contribution in [3.8, 4) is 44.8 Å². The molecule has 0 unspecified atom stereocenters. The summed E-state index contributed by atoms with van der Waals surface area (Å²) in [6, 6.07) is 66.7. The van der Waals surface area contributed by atoms with Gasteiger partial charge >= 0.3 is 0 Å². The maximum absolute atomic E-state index is 8.07. The van der Waals surface area contributed by atoms with Gasteiger partial charge in [0.15, 0.2) is 5.69 Å². The lowest BCUT2D eigenvalue weighted by molar-refractivity contribution is 1.18. The van der Waals surface area contributed by atoms with Crippen LogP contribution in [0.4, 0.5) is 5.69 Å². The van der Waals surface area contributed by atoms with Crippen molar-refractivity contribution >= 4 is 49.3 Å². The third-order valence-electron chi connectivity index (χ3n) is 10.3. The van der Waals surface area contributed by atoms with Crippen molar-refractivity contribution in [2.24, 2.45) is 0 Å². The van der Waals surface area contributed by atoms with Crippen LogP contribution in [0.3, 0.4) is 0 Å². The number of aromatic nitrogens is 2. The Bertz CT molecular complexity index is 2940. The van der Waals surface area contributed by atoms with Crippen molar-refractivity contribution in [2.45, 2.75) is 0 Å². The lowest BCUT2D eigenvalue weighted by Crippen LogP contribution is -2.01. The Balaban J connectivity index is 1.31.